The Bertz CT molecular complexity index is 726. The van der Waals surface area contributed by atoms with Gasteiger partial charge in [-0.2, -0.15) is 0 Å². The third-order valence-corrected chi connectivity index (χ3v) is 9.76. The quantitative estimate of drug-likeness (QED) is 0.766. The molecule has 1 spiro atoms. The summed E-state index contributed by atoms with van der Waals surface area (Å²) < 4.78 is 26.4. The molecular weight excluding hydrogens is 304 g/mol. The summed E-state index contributed by atoms with van der Waals surface area (Å²) in [4.78, 5) is 0. The molecule has 0 N–H and O–H groups in total. The van der Waals surface area contributed by atoms with Crippen LogP contribution in [0.3, 0.4) is 0 Å². The standard InChI is InChI=1S/C20H26O2S/c1-15(2)23(21,22)20(16-8-4-3-5-9-16)14-17-10-11-18(20)19(17)12-6-7-13-19/h3-5,8-11,15,17-18H,6-7,12-14H2,1-2H3/t17-,18-,20-/m0/s1. The highest BCUT2D eigenvalue weighted by atomic mass is 32.2. The maximum Gasteiger partial charge on any atom is 0.163 e. The molecule has 0 aliphatic heterocycles. The van der Waals surface area contributed by atoms with E-state index in [4.69, 9.17) is 0 Å². The molecule has 3 heteroatoms. The van der Waals surface area contributed by atoms with Gasteiger partial charge in [-0.3, -0.25) is 0 Å². The average Bonchev–Trinajstić information content (AvgIpc) is 3.24. The Balaban J connectivity index is 1.95. The van der Waals surface area contributed by atoms with Gasteiger partial charge in [0.15, 0.2) is 9.84 Å². The van der Waals surface area contributed by atoms with Gasteiger partial charge in [0.2, 0.25) is 0 Å². The maximum absolute atomic E-state index is 13.6. The molecule has 2 saturated carbocycles. The Kier molecular flexibility index (Phi) is 3.32. The van der Waals surface area contributed by atoms with Gasteiger partial charge < -0.3 is 0 Å². The van der Waals surface area contributed by atoms with Gasteiger partial charge in [0.05, 0.1) is 5.25 Å². The average molecular weight is 330 g/mol. The van der Waals surface area contributed by atoms with Crippen LogP contribution in [0.15, 0.2) is 42.5 Å². The van der Waals surface area contributed by atoms with E-state index in [1.54, 1.807) is 0 Å². The van der Waals surface area contributed by atoms with Crippen LogP contribution in [0, 0.1) is 17.3 Å². The van der Waals surface area contributed by atoms with Crippen LogP contribution in [0.5, 0.6) is 0 Å². The van der Waals surface area contributed by atoms with E-state index >= 15 is 0 Å². The zero-order valence-corrected chi connectivity index (χ0v) is 14.9. The molecule has 0 saturated heterocycles. The van der Waals surface area contributed by atoms with E-state index in [0.29, 0.717) is 5.92 Å². The van der Waals surface area contributed by atoms with Crippen molar-refractivity contribution >= 4 is 9.84 Å². The molecule has 0 radical (unpaired) electrons. The first-order chi connectivity index (χ1) is 10.9. The van der Waals surface area contributed by atoms with E-state index in [-0.39, 0.29) is 16.6 Å². The summed E-state index contributed by atoms with van der Waals surface area (Å²) in [6.07, 6.45) is 10.2. The molecule has 3 atom stereocenters. The number of hydrogen-bond donors (Lipinski definition) is 0. The predicted octanol–water partition coefficient (Wildman–Crippen LogP) is 4.47. The second kappa shape index (κ2) is 4.95. The summed E-state index contributed by atoms with van der Waals surface area (Å²) in [5.74, 6) is 0.584. The van der Waals surface area contributed by atoms with Gasteiger partial charge in [-0.25, -0.2) is 8.42 Å². The molecule has 4 rings (SSSR count). The Hall–Kier alpha value is -1.09. The lowest BCUT2D eigenvalue weighted by atomic mass is 9.73. The van der Waals surface area contributed by atoms with E-state index < -0.39 is 14.6 Å². The monoisotopic (exact) mass is 330 g/mol. The third kappa shape index (κ3) is 1.77. The first kappa shape index (κ1) is 15.4. The molecule has 2 bridgehead atoms. The number of benzene rings is 1. The highest BCUT2D eigenvalue weighted by Gasteiger charge is 2.68. The smallest absolute Gasteiger partial charge is 0.163 e. The summed E-state index contributed by atoms with van der Waals surface area (Å²) in [5, 5.41) is -0.339. The molecule has 2 fully saturated rings. The van der Waals surface area contributed by atoms with Crippen LogP contribution in [0.2, 0.25) is 0 Å². The van der Waals surface area contributed by atoms with Crippen molar-refractivity contribution in [3.05, 3.63) is 48.0 Å². The van der Waals surface area contributed by atoms with Gasteiger partial charge in [-0.1, -0.05) is 55.3 Å². The molecule has 3 aliphatic rings. The van der Waals surface area contributed by atoms with E-state index in [1.165, 1.54) is 25.7 Å². The molecule has 0 aromatic heterocycles. The summed E-state index contributed by atoms with van der Waals surface area (Å²) >= 11 is 0. The zero-order chi connectivity index (χ0) is 16.3. The first-order valence-corrected chi connectivity index (χ1v) is 10.5. The van der Waals surface area contributed by atoms with Crippen LogP contribution < -0.4 is 0 Å². The lowest BCUT2D eigenvalue weighted by Gasteiger charge is -2.40. The van der Waals surface area contributed by atoms with Gasteiger partial charge in [0.25, 0.3) is 0 Å². The molecule has 1 aromatic rings. The molecule has 0 heterocycles. The van der Waals surface area contributed by atoms with Gasteiger partial charge in [0, 0.05) is 5.92 Å². The van der Waals surface area contributed by atoms with Crippen molar-refractivity contribution in [3.8, 4) is 0 Å². The van der Waals surface area contributed by atoms with Crippen molar-refractivity contribution in [2.45, 2.75) is 55.9 Å². The highest BCUT2D eigenvalue weighted by molar-refractivity contribution is 7.93. The van der Waals surface area contributed by atoms with Crippen LogP contribution in [0.25, 0.3) is 0 Å². The van der Waals surface area contributed by atoms with Crippen LogP contribution in [0.1, 0.15) is 51.5 Å². The lowest BCUT2D eigenvalue weighted by Crippen LogP contribution is -2.45. The van der Waals surface area contributed by atoms with Crippen LogP contribution >= 0.6 is 0 Å². The Morgan fingerprint density at radius 2 is 1.70 bits per heavy atom. The molecule has 1 aromatic carbocycles. The normalized spacial score (nSPS) is 34.7. The summed E-state index contributed by atoms with van der Waals surface area (Å²) in [6.45, 7) is 3.69. The number of hydrogen-bond acceptors (Lipinski definition) is 2. The van der Waals surface area contributed by atoms with E-state index in [1.807, 2.05) is 44.2 Å². The fourth-order valence-corrected chi connectivity index (χ4v) is 8.20. The zero-order valence-electron chi connectivity index (χ0n) is 14.0. The summed E-state index contributed by atoms with van der Waals surface area (Å²) in [5.41, 5.74) is 1.22. The molecular formula is C20H26O2S. The number of sulfone groups is 1. The van der Waals surface area contributed by atoms with Gasteiger partial charge in [-0.15, -0.1) is 0 Å². The number of allylic oxidation sites excluding steroid dienone is 2. The van der Waals surface area contributed by atoms with Gasteiger partial charge >= 0.3 is 0 Å². The molecule has 3 aliphatic carbocycles. The predicted molar refractivity (Wildman–Crippen MR) is 93.8 cm³/mol. The minimum atomic E-state index is -3.24. The van der Waals surface area contributed by atoms with Crippen molar-refractivity contribution in [1.82, 2.24) is 0 Å². The Labute approximate surface area is 139 Å². The minimum Gasteiger partial charge on any atom is -0.228 e. The summed E-state index contributed by atoms with van der Waals surface area (Å²) in [6, 6.07) is 10.0. The van der Waals surface area contributed by atoms with Crippen LogP contribution in [-0.2, 0) is 14.6 Å². The largest absolute Gasteiger partial charge is 0.228 e. The molecule has 23 heavy (non-hydrogen) atoms. The van der Waals surface area contributed by atoms with Crippen molar-refractivity contribution < 1.29 is 8.42 Å². The summed E-state index contributed by atoms with van der Waals surface area (Å²) in [7, 11) is -3.24. The molecule has 0 unspecified atom stereocenters. The first-order valence-electron chi connectivity index (χ1n) is 8.92. The molecule has 2 nitrogen and oxygen atoms in total. The third-order valence-electron chi connectivity index (χ3n) is 6.84. The molecule has 124 valence electrons. The maximum atomic E-state index is 13.6. The highest BCUT2D eigenvalue weighted by Crippen LogP contribution is 2.70. The molecule has 0 amide bonds. The Morgan fingerprint density at radius 1 is 1.04 bits per heavy atom. The fourth-order valence-electron chi connectivity index (χ4n) is 5.81. The second-order valence-electron chi connectivity index (χ2n) is 7.96. The van der Waals surface area contributed by atoms with Gasteiger partial charge in [-0.05, 0) is 50.0 Å². The lowest BCUT2D eigenvalue weighted by molar-refractivity contribution is 0.208. The van der Waals surface area contributed by atoms with E-state index in [2.05, 4.69) is 12.2 Å². The van der Waals surface area contributed by atoms with Crippen LogP contribution in [-0.4, -0.2) is 13.7 Å². The minimum absolute atomic E-state index is 0.150. The Morgan fingerprint density at radius 3 is 2.30 bits per heavy atom. The topological polar surface area (TPSA) is 34.1 Å². The van der Waals surface area contributed by atoms with Crippen molar-refractivity contribution in [1.29, 1.82) is 0 Å². The SMILES string of the molecule is CC(C)S(=O)(=O)[C@]1(c2ccccc2)C[C@@H]2C=C[C@H]1C21CCCC1. The second-order valence-corrected chi connectivity index (χ2v) is 10.7. The van der Waals surface area contributed by atoms with Crippen LogP contribution in [0.4, 0.5) is 0 Å². The number of rotatable bonds is 3. The van der Waals surface area contributed by atoms with Crippen molar-refractivity contribution in [3.63, 3.8) is 0 Å². The van der Waals surface area contributed by atoms with E-state index in [0.717, 1.165) is 12.0 Å². The van der Waals surface area contributed by atoms with E-state index in [9.17, 15) is 8.42 Å². The fraction of sp³-hybridized carbons (Fsp3) is 0.600. The van der Waals surface area contributed by atoms with Crippen molar-refractivity contribution in [2.24, 2.45) is 17.3 Å². The van der Waals surface area contributed by atoms with Crippen molar-refractivity contribution in [2.75, 3.05) is 0 Å². The van der Waals surface area contributed by atoms with Gasteiger partial charge in [0.1, 0.15) is 4.75 Å².